The lowest BCUT2D eigenvalue weighted by Crippen LogP contribution is -2.33. The van der Waals surface area contributed by atoms with Gasteiger partial charge in [-0.15, -0.1) is 11.3 Å². The predicted octanol–water partition coefficient (Wildman–Crippen LogP) is 0.959. The fraction of sp³-hybridized carbons (Fsp3) is 0.400. The van der Waals surface area contributed by atoms with Gasteiger partial charge in [-0.2, -0.15) is 0 Å². The molecule has 0 unspecified atom stereocenters. The summed E-state index contributed by atoms with van der Waals surface area (Å²) < 4.78 is 13.6. The van der Waals surface area contributed by atoms with E-state index in [1.165, 1.54) is 28.6 Å². The Morgan fingerprint density at radius 3 is 2.88 bits per heavy atom. The molecule has 0 aliphatic carbocycles. The molecular weight excluding hydrogens is 382 g/mol. The average molecular weight is 398 g/mol. The molecule has 0 spiro atoms. The molecule has 1 fully saturated rings. The van der Waals surface area contributed by atoms with Crippen LogP contribution in [0.3, 0.4) is 0 Å². The molecule has 3 aromatic rings. The summed E-state index contributed by atoms with van der Waals surface area (Å²) in [5.74, 6) is 0.233. The van der Waals surface area contributed by atoms with E-state index in [0.29, 0.717) is 22.1 Å². The van der Waals surface area contributed by atoms with Gasteiger partial charge >= 0.3 is 0 Å². The highest BCUT2D eigenvalue weighted by atomic mass is 35.5. The number of aromatic nitrogens is 4. The van der Waals surface area contributed by atoms with E-state index >= 15 is 0 Å². The summed E-state index contributed by atoms with van der Waals surface area (Å²) in [6.45, 7) is 0.469. The van der Waals surface area contributed by atoms with Gasteiger partial charge in [-0.1, -0.05) is 11.6 Å². The van der Waals surface area contributed by atoms with Crippen molar-refractivity contribution >= 4 is 39.9 Å². The quantitative estimate of drug-likeness (QED) is 0.580. The molecular formula is C15H16ClN5O4S. The lowest BCUT2D eigenvalue weighted by Gasteiger charge is -2.16. The van der Waals surface area contributed by atoms with Gasteiger partial charge in [-0.25, -0.2) is 15.0 Å². The fourth-order valence-corrected chi connectivity index (χ4v) is 3.88. The maximum atomic E-state index is 10.4. The summed E-state index contributed by atoms with van der Waals surface area (Å²) >= 11 is 7.30. The maximum absolute atomic E-state index is 10.4. The number of imidazole rings is 1. The van der Waals surface area contributed by atoms with Crippen molar-refractivity contribution in [1.82, 2.24) is 19.5 Å². The van der Waals surface area contributed by atoms with Gasteiger partial charge < -0.3 is 25.4 Å². The summed E-state index contributed by atoms with van der Waals surface area (Å²) in [7, 11) is 0. The largest absolute Gasteiger partial charge is 0.387 e. The zero-order chi connectivity index (χ0) is 18.3. The number of rotatable bonds is 5. The first kappa shape index (κ1) is 17.6. The van der Waals surface area contributed by atoms with Gasteiger partial charge in [-0.3, -0.25) is 4.57 Å². The average Bonchev–Trinajstić information content (AvgIpc) is 3.30. The SMILES string of the molecule is Nc1ncnc2c1ncn2[C@@H]1O[C@H](COCc2ccc(Cl)s2)[C@@H](O)[C@H]1O. The number of nitrogens with zero attached hydrogens (tertiary/aromatic N) is 4. The Bertz CT molecular complexity index is 918. The van der Waals surface area contributed by atoms with Crippen molar-refractivity contribution < 1.29 is 19.7 Å². The first-order valence-electron chi connectivity index (χ1n) is 7.81. The van der Waals surface area contributed by atoms with Gasteiger partial charge in [0.05, 0.1) is 23.9 Å². The van der Waals surface area contributed by atoms with Crippen LogP contribution in [-0.2, 0) is 16.1 Å². The Morgan fingerprint density at radius 1 is 1.27 bits per heavy atom. The third-order valence-corrected chi connectivity index (χ3v) is 5.36. The molecule has 0 aromatic carbocycles. The molecule has 1 aliphatic rings. The van der Waals surface area contributed by atoms with Crippen molar-refractivity contribution in [1.29, 1.82) is 0 Å². The fourth-order valence-electron chi connectivity index (χ4n) is 2.86. The number of fused-ring (bicyclic) bond motifs is 1. The molecule has 4 atom stereocenters. The van der Waals surface area contributed by atoms with E-state index in [4.69, 9.17) is 26.8 Å². The first-order chi connectivity index (χ1) is 12.5. The van der Waals surface area contributed by atoms with E-state index in [0.717, 1.165) is 4.88 Å². The van der Waals surface area contributed by atoms with Gasteiger partial charge in [-0.05, 0) is 12.1 Å². The van der Waals surface area contributed by atoms with Crippen molar-refractivity contribution in [2.24, 2.45) is 0 Å². The number of aliphatic hydroxyl groups is 2. The molecule has 0 radical (unpaired) electrons. The van der Waals surface area contributed by atoms with E-state index in [2.05, 4.69) is 15.0 Å². The molecule has 26 heavy (non-hydrogen) atoms. The molecule has 11 heteroatoms. The van der Waals surface area contributed by atoms with Crippen LogP contribution in [0.1, 0.15) is 11.1 Å². The van der Waals surface area contributed by atoms with Crippen LogP contribution < -0.4 is 5.73 Å². The smallest absolute Gasteiger partial charge is 0.167 e. The number of halogens is 1. The van der Waals surface area contributed by atoms with Gasteiger partial charge in [0.15, 0.2) is 17.7 Å². The minimum absolute atomic E-state index is 0.119. The number of nitrogens with two attached hydrogens (primary N) is 1. The minimum Gasteiger partial charge on any atom is -0.387 e. The Kier molecular flexibility index (Phi) is 4.78. The number of hydrogen-bond donors (Lipinski definition) is 3. The maximum Gasteiger partial charge on any atom is 0.167 e. The molecule has 3 aromatic heterocycles. The van der Waals surface area contributed by atoms with E-state index in [1.807, 2.05) is 6.07 Å². The topological polar surface area (TPSA) is 129 Å². The highest BCUT2D eigenvalue weighted by Crippen LogP contribution is 2.32. The van der Waals surface area contributed by atoms with Crippen LogP contribution in [0.15, 0.2) is 24.8 Å². The second-order valence-electron chi connectivity index (χ2n) is 5.85. The zero-order valence-electron chi connectivity index (χ0n) is 13.4. The van der Waals surface area contributed by atoms with Crippen LogP contribution in [0.4, 0.5) is 5.82 Å². The highest BCUT2D eigenvalue weighted by molar-refractivity contribution is 7.16. The van der Waals surface area contributed by atoms with E-state index in [1.54, 1.807) is 6.07 Å². The standard InChI is InChI=1S/C15H16ClN5O4S/c16-9-2-1-7(26-9)3-24-4-8-11(22)12(23)15(25-8)21-6-20-10-13(17)18-5-19-14(10)21/h1-2,5-6,8,11-12,15,22-23H,3-4H2,(H2,17,18,19)/t8-,11-,12-,15-/m1/s1. The van der Waals surface area contributed by atoms with Crippen LogP contribution in [0, 0.1) is 0 Å². The van der Waals surface area contributed by atoms with Gasteiger partial charge in [0, 0.05) is 4.88 Å². The minimum atomic E-state index is -1.16. The summed E-state index contributed by atoms with van der Waals surface area (Å²) in [5.41, 5.74) is 6.60. The molecule has 4 rings (SSSR count). The van der Waals surface area contributed by atoms with Crippen LogP contribution in [-0.4, -0.2) is 54.7 Å². The number of hydrogen-bond acceptors (Lipinski definition) is 9. The van der Waals surface area contributed by atoms with Crippen LogP contribution in [0.25, 0.3) is 11.2 Å². The first-order valence-corrected chi connectivity index (χ1v) is 9.00. The number of aliphatic hydroxyl groups excluding tert-OH is 2. The molecule has 138 valence electrons. The molecule has 1 aliphatic heterocycles. The van der Waals surface area contributed by atoms with Crippen LogP contribution in [0.2, 0.25) is 4.34 Å². The van der Waals surface area contributed by atoms with Gasteiger partial charge in [0.1, 0.15) is 30.2 Å². The molecule has 4 N–H and O–H groups in total. The second kappa shape index (κ2) is 7.06. The Hall–Kier alpha value is -1.82. The molecule has 9 nitrogen and oxygen atoms in total. The van der Waals surface area contributed by atoms with Crippen molar-refractivity contribution in [2.75, 3.05) is 12.3 Å². The van der Waals surface area contributed by atoms with E-state index < -0.39 is 24.5 Å². The Morgan fingerprint density at radius 2 is 2.12 bits per heavy atom. The lowest BCUT2D eigenvalue weighted by atomic mass is 10.1. The Labute approximate surface area is 157 Å². The van der Waals surface area contributed by atoms with Gasteiger partial charge in [0.25, 0.3) is 0 Å². The molecule has 0 bridgehead atoms. The van der Waals surface area contributed by atoms with Crippen LogP contribution >= 0.6 is 22.9 Å². The third-order valence-electron chi connectivity index (χ3n) is 4.15. The summed E-state index contributed by atoms with van der Waals surface area (Å²) in [6.07, 6.45) is -1.05. The van der Waals surface area contributed by atoms with Crippen molar-refractivity contribution in [3.63, 3.8) is 0 Å². The third kappa shape index (κ3) is 3.15. The summed E-state index contributed by atoms with van der Waals surface area (Å²) in [6, 6.07) is 3.67. The number of thiophene rings is 1. The number of ether oxygens (including phenoxy) is 2. The number of nitrogen functional groups attached to an aromatic ring is 1. The zero-order valence-corrected chi connectivity index (χ0v) is 15.0. The highest BCUT2D eigenvalue weighted by Gasteiger charge is 2.44. The summed E-state index contributed by atoms with van der Waals surface area (Å²) in [5, 5.41) is 20.7. The molecule has 0 saturated carbocycles. The monoisotopic (exact) mass is 397 g/mol. The normalized spacial score (nSPS) is 26.0. The van der Waals surface area contributed by atoms with Crippen molar-refractivity contribution in [3.8, 4) is 0 Å². The van der Waals surface area contributed by atoms with E-state index in [-0.39, 0.29) is 12.4 Å². The lowest BCUT2D eigenvalue weighted by molar-refractivity contribution is -0.0679. The van der Waals surface area contributed by atoms with E-state index in [9.17, 15) is 10.2 Å². The molecule has 0 amide bonds. The van der Waals surface area contributed by atoms with Crippen molar-refractivity contribution in [3.05, 3.63) is 34.0 Å². The van der Waals surface area contributed by atoms with Crippen LogP contribution in [0.5, 0.6) is 0 Å². The molecule has 4 heterocycles. The second-order valence-corrected chi connectivity index (χ2v) is 7.65. The molecule has 1 saturated heterocycles. The van der Waals surface area contributed by atoms with Crippen molar-refractivity contribution in [2.45, 2.75) is 31.1 Å². The summed E-state index contributed by atoms with van der Waals surface area (Å²) in [4.78, 5) is 13.1. The number of anilines is 1. The van der Waals surface area contributed by atoms with Gasteiger partial charge in [0.2, 0.25) is 0 Å². The Balaban J connectivity index is 1.46. The predicted molar refractivity (Wildman–Crippen MR) is 94.6 cm³/mol.